The molecule has 0 N–H and O–H groups in total. The summed E-state index contributed by atoms with van der Waals surface area (Å²) in [5.74, 6) is 0. The summed E-state index contributed by atoms with van der Waals surface area (Å²) in [6.45, 7) is 7.54. The Labute approximate surface area is 110 Å². The molecule has 0 heterocycles. The predicted molar refractivity (Wildman–Crippen MR) is 52.6 cm³/mol. The molecule has 0 aliphatic rings. The van der Waals surface area contributed by atoms with Gasteiger partial charge in [-0.1, -0.05) is 6.07 Å². The first kappa shape index (κ1) is 14.3. The first-order chi connectivity index (χ1) is 5.95. The SMILES string of the molecule is Cc1cc(C)c(C)c(S(=O)[O-])c1C.[Na+]. The molecule has 0 bridgehead atoms. The Morgan fingerprint density at radius 1 is 1.07 bits per heavy atom. The second kappa shape index (κ2) is 5.42. The monoisotopic (exact) mass is 220 g/mol. The minimum absolute atomic E-state index is 0. The zero-order chi connectivity index (χ0) is 10.2. The molecule has 0 spiro atoms. The second-order valence-electron chi connectivity index (χ2n) is 3.32. The summed E-state index contributed by atoms with van der Waals surface area (Å²) in [5.41, 5.74) is 3.78. The van der Waals surface area contributed by atoms with Crippen LogP contribution in [0.2, 0.25) is 0 Å². The van der Waals surface area contributed by atoms with E-state index in [4.69, 9.17) is 0 Å². The largest absolute Gasteiger partial charge is 1.00 e. The molecule has 1 unspecified atom stereocenters. The molecule has 0 amide bonds. The number of aryl methyl sites for hydroxylation is 2. The van der Waals surface area contributed by atoms with Crippen LogP contribution < -0.4 is 29.6 Å². The van der Waals surface area contributed by atoms with E-state index in [0.717, 1.165) is 22.3 Å². The number of hydrogen-bond donors (Lipinski definition) is 0. The van der Waals surface area contributed by atoms with Gasteiger partial charge in [-0.3, -0.25) is 4.21 Å². The van der Waals surface area contributed by atoms with Crippen LogP contribution in [0.1, 0.15) is 22.3 Å². The molecule has 0 aliphatic heterocycles. The van der Waals surface area contributed by atoms with Crippen molar-refractivity contribution < 1.29 is 38.3 Å². The Morgan fingerprint density at radius 3 is 1.71 bits per heavy atom. The predicted octanol–water partition coefficient (Wildman–Crippen LogP) is -0.838. The van der Waals surface area contributed by atoms with Crippen LogP contribution in [-0.4, -0.2) is 8.76 Å². The van der Waals surface area contributed by atoms with Gasteiger partial charge in [0, 0.05) is 4.90 Å². The van der Waals surface area contributed by atoms with Crippen LogP contribution >= 0.6 is 0 Å². The molecule has 4 heteroatoms. The van der Waals surface area contributed by atoms with Crippen LogP contribution in [0.15, 0.2) is 11.0 Å². The maximum Gasteiger partial charge on any atom is 1.00 e. The van der Waals surface area contributed by atoms with Crippen molar-refractivity contribution in [1.82, 2.24) is 0 Å². The zero-order valence-corrected chi connectivity index (χ0v) is 12.1. The Kier molecular flexibility index (Phi) is 5.55. The molecule has 1 rings (SSSR count). The van der Waals surface area contributed by atoms with E-state index in [-0.39, 0.29) is 29.6 Å². The summed E-state index contributed by atoms with van der Waals surface area (Å²) < 4.78 is 21.9. The van der Waals surface area contributed by atoms with Crippen molar-refractivity contribution in [3.8, 4) is 0 Å². The standard InChI is InChI=1S/C10H14O2S.Na/c1-6-5-7(2)9(4)10(8(6)3)13(11)12;/h5H,1-4H3,(H,11,12);/q;+1/p-1. The van der Waals surface area contributed by atoms with Gasteiger partial charge in [0.05, 0.1) is 0 Å². The molecule has 14 heavy (non-hydrogen) atoms. The second-order valence-corrected chi connectivity index (χ2v) is 4.20. The number of benzene rings is 1. The maximum atomic E-state index is 10.9. The van der Waals surface area contributed by atoms with Gasteiger partial charge in [-0.2, -0.15) is 0 Å². The van der Waals surface area contributed by atoms with Gasteiger partial charge in [-0.25, -0.2) is 0 Å². The third kappa shape index (κ3) is 2.67. The van der Waals surface area contributed by atoms with E-state index in [1.807, 2.05) is 33.8 Å². The molecule has 1 atom stereocenters. The van der Waals surface area contributed by atoms with Crippen molar-refractivity contribution in [1.29, 1.82) is 0 Å². The van der Waals surface area contributed by atoms with E-state index in [1.165, 1.54) is 0 Å². The van der Waals surface area contributed by atoms with E-state index < -0.39 is 11.1 Å². The fourth-order valence-electron chi connectivity index (χ4n) is 1.43. The van der Waals surface area contributed by atoms with Crippen LogP contribution in [0, 0.1) is 27.7 Å². The summed E-state index contributed by atoms with van der Waals surface area (Å²) in [6.07, 6.45) is 0. The quantitative estimate of drug-likeness (QED) is 0.457. The minimum atomic E-state index is -2.12. The molecular formula is C10H13NaO2S. The maximum absolute atomic E-state index is 10.9. The van der Waals surface area contributed by atoms with Crippen LogP contribution in [0.4, 0.5) is 0 Å². The van der Waals surface area contributed by atoms with Gasteiger partial charge in [0.2, 0.25) is 0 Å². The van der Waals surface area contributed by atoms with Crippen LogP contribution in [0.25, 0.3) is 0 Å². The molecule has 1 aromatic carbocycles. The van der Waals surface area contributed by atoms with E-state index in [9.17, 15) is 8.76 Å². The summed E-state index contributed by atoms with van der Waals surface area (Å²) >= 11 is -2.12. The smallest absolute Gasteiger partial charge is 0.768 e. The average Bonchev–Trinajstić information content (AvgIpc) is 2.01. The van der Waals surface area contributed by atoms with Crippen molar-refractivity contribution in [2.24, 2.45) is 0 Å². The van der Waals surface area contributed by atoms with Crippen LogP contribution in [0.5, 0.6) is 0 Å². The molecule has 0 aliphatic carbocycles. The fourth-order valence-corrected chi connectivity index (χ4v) is 2.25. The van der Waals surface area contributed by atoms with Crippen molar-refractivity contribution in [2.45, 2.75) is 32.6 Å². The van der Waals surface area contributed by atoms with Gasteiger partial charge in [0.1, 0.15) is 0 Å². The van der Waals surface area contributed by atoms with Gasteiger partial charge >= 0.3 is 29.6 Å². The van der Waals surface area contributed by atoms with E-state index in [0.29, 0.717) is 4.90 Å². The first-order valence-electron chi connectivity index (χ1n) is 4.11. The normalized spacial score (nSPS) is 12.1. The third-order valence-electron chi connectivity index (χ3n) is 2.46. The molecular weight excluding hydrogens is 207 g/mol. The molecule has 1 aromatic rings. The average molecular weight is 220 g/mol. The molecule has 0 saturated carbocycles. The van der Waals surface area contributed by atoms with Crippen molar-refractivity contribution in [3.05, 3.63) is 28.3 Å². The van der Waals surface area contributed by atoms with E-state index in [1.54, 1.807) is 0 Å². The zero-order valence-electron chi connectivity index (χ0n) is 9.30. The number of hydrogen-bond acceptors (Lipinski definition) is 2. The van der Waals surface area contributed by atoms with E-state index in [2.05, 4.69) is 0 Å². The Morgan fingerprint density at radius 2 is 1.43 bits per heavy atom. The van der Waals surface area contributed by atoms with Gasteiger partial charge in [0.25, 0.3) is 0 Å². The van der Waals surface area contributed by atoms with Gasteiger partial charge < -0.3 is 4.55 Å². The fraction of sp³-hybridized carbons (Fsp3) is 0.400. The summed E-state index contributed by atoms with van der Waals surface area (Å²) in [5, 5.41) is 0. The third-order valence-corrected chi connectivity index (χ3v) is 3.41. The summed E-state index contributed by atoms with van der Waals surface area (Å²) in [7, 11) is 0. The molecule has 2 nitrogen and oxygen atoms in total. The molecule has 0 saturated heterocycles. The first-order valence-corrected chi connectivity index (χ1v) is 5.19. The topological polar surface area (TPSA) is 40.1 Å². The van der Waals surface area contributed by atoms with Gasteiger partial charge in [-0.05, 0) is 61.0 Å². The summed E-state index contributed by atoms with van der Waals surface area (Å²) in [4.78, 5) is 0.456. The van der Waals surface area contributed by atoms with E-state index >= 15 is 0 Å². The summed E-state index contributed by atoms with van der Waals surface area (Å²) in [6, 6.07) is 2.01. The molecule has 72 valence electrons. The molecule has 0 aromatic heterocycles. The molecule has 0 fully saturated rings. The Hall–Kier alpha value is 0.330. The van der Waals surface area contributed by atoms with Crippen molar-refractivity contribution >= 4 is 11.1 Å². The molecule has 0 radical (unpaired) electrons. The Balaban J connectivity index is 0.00000169. The van der Waals surface area contributed by atoms with Crippen molar-refractivity contribution in [3.63, 3.8) is 0 Å². The Bertz CT molecular complexity index is 349. The van der Waals surface area contributed by atoms with Crippen LogP contribution in [0.3, 0.4) is 0 Å². The number of rotatable bonds is 1. The van der Waals surface area contributed by atoms with Gasteiger partial charge in [0.15, 0.2) is 0 Å². The van der Waals surface area contributed by atoms with Gasteiger partial charge in [-0.15, -0.1) is 0 Å². The minimum Gasteiger partial charge on any atom is -0.768 e. The van der Waals surface area contributed by atoms with Crippen molar-refractivity contribution in [2.75, 3.05) is 0 Å². The van der Waals surface area contributed by atoms with Crippen LogP contribution in [-0.2, 0) is 11.1 Å².